The largest absolute Gasteiger partial charge is 0.508 e. The maximum atomic E-state index is 9.91. The van der Waals surface area contributed by atoms with Gasteiger partial charge in [-0.15, -0.1) is 0 Å². The van der Waals surface area contributed by atoms with Crippen molar-refractivity contribution in [3.05, 3.63) is 47.9 Å². The molecular formula is C14H18N2O2. The van der Waals surface area contributed by atoms with Crippen molar-refractivity contribution >= 4 is 5.69 Å². The summed E-state index contributed by atoms with van der Waals surface area (Å²) in [6, 6.07) is 9.14. The van der Waals surface area contributed by atoms with Crippen LogP contribution < -0.4 is 10.6 Å². The normalized spacial score (nSPS) is 12.4. The van der Waals surface area contributed by atoms with Gasteiger partial charge < -0.3 is 20.2 Å². The third kappa shape index (κ3) is 2.65. The van der Waals surface area contributed by atoms with Crippen molar-refractivity contribution in [1.82, 2.24) is 0 Å². The monoisotopic (exact) mass is 246 g/mol. The number of aromatic hydroxyl groups is 1. The number of hydrogen-bond acceptors (Lipinski definition) is 4. The Balaban J connectivity index is 2.16. The molecule has 18 heavy (non-hydrogen) atoms. The fraction of sp³-hybridized carbons (Fsp3) is 0.286. The molecule has 96 valence electrons. The van der Waals surface area contributed by atoms with Crippen LogP contribution in [0.1, 0.15) is 24.3 Å². The molecule has 0 bridgehead atoms. The third-order valence-electron chi connectivity index (χ3n) is 2.92. The Bertz CT molecular complexity index is 507. The Morgan fingerprint density at radius 3 is 2.72 bits per heavy atom. The van der Waals surface area contributed by atoms with E-state index in [9.17, 15) is 5.11 Å². The van der Waals surface area contributed by atoms with E-state index in [0.29, 0.717) is 6.54 Å². The Kier molecular flexibility index (Phi) is 3.58. The van der Waals surface area contributed by atoms with Gasteiger partial charge in [-0.2, -0.15) is 0 Å². The van der Waals surface area contributed by atoms with Gasteiger partial charge in [-0.25, -0.2) is 0 Å². The van der Waals surface area contributed by atoms with Gasteiger partial charge in [0, 0.05) is 30.4 Å². The summed E-state index contributed by atoms with van der Waals surface area (Å²) in [5.41, 5.74) is 7.44. The van der Waals surface area contributed by atoms with Gasteiger partial charge in [0.2, 0.25) is 0 Å². The number of phenolic OH excluding ortho intramolecular Hbond substituents is 1. The molecule has 1 unspecified atom stereocenters. The minimum Gasteiger partial charge on any atom is -0.508 e. The summed E-state index contributed by atoms with van der Waals surface area (Å²) in [5, 5.41) is 9.91. The van der Waals surface area contributed by atoms with Gasteiger partial charge in [-0.1, -0.05) is 6.07 Å². The average molecular weight is 246 g/mol. The SMILES string of the molecule is CC(N)c1ccc(N(C)Cc2ccco2)cc1O. The van der Waals surface area contributed by atoms with Crippen molar-refractivity contribution in [1.29, 1.82) is 0 Å². The summed E-state index contributed by atoms with van der Waals surface area (Å²) in [6.45, 7) is 2.51. The lowest BCUT2D eigenvalue weighted by Gasteiger charge is -2.19. The highest BCUT2D eigenvalue weighted by Crippen LogP contribution is 2.28. The van der Waals surface area contributed by atoms with E-state index in [1.54, 1.807) is 12.3 Å². The lowest BCUT2D eigenvalue weighted by molar-refractivity contribution is 0.463. The molecule has 0 spiro atoms. The van der Waals surface area contributed by atoms with Crippen molar-refractivity contribution in [2.45, 2.75) is 19.5 Å². The number of phenols is 1. The van der Waals surface area contributed by atoms with Crippen LogP contribution >= 0.6 is 0 Å². The average Bonchev–Trinajstić information content (AvgIpc) is 2.81. The number of nitrogens with zero attached hydrogens (tertiary/aromatic N) is 1. The quantitative estimate of drug-likeness (QED) is 0.870. The first-order valence-electron chi connectivity index (χ1n) is 5.90. The number of anilines is 1. The van der Waals surface area contributed by atoms with Gasteiger partial charge in [-0.3, -0.25) is 0 Å². The van der Waals surface area contributed by atoms with Gasteiger partial charge in [0.15, 0.2) is 0 Å². The lowest BCUT2D eigenvalue weighted by Crippen LogP contribution is -2.16. The second-order valence-electron chi connectivity index (χ2n) is 4.47. The van der Waals surface area contributed by atoms with Gasteiger partial charge in [-0.05, 0) is 25.1 Å². The molecule has 0 aliphatic carbocycles. The zero-order chi connectivity index (χ0) is 13.1. The molecule has 1 aromatic heterocycles. The smallest absolute Gasteiger partial charge is 0.123 e. The molecule has 0 amide bonds. The van der Waals surface area contributed by atoms with Crippen molar-refractivity contribution in [2.75, 3.05) is 11.9 Å². The zero-order valence-corrected chi connectivity index (χ0v) is 10.6. The third-order valence-corrected chi connectivity index (χ3v) is 2.92. The Morgan fingerprint density at radius 1 is 1.39 bits per heavy atom. The fourth-order valence-electron chi connectivity index (χ4n) is 1.88. The topological polar surface area (TPSA) is 62.6 Å². The van der Waals surface area contributed by atoms with E-state index < -0.39 is 0 Å². The summed E-state index contributed by atoms with van der Waals surface area (Å²) < 4.78 is 5.29. The lowest BCUT2D eigenvalue weighted by atomic mass is 10.1. The minimum absolute atomic E-state index is 0.172. The van der Waals surface area contributed by atoms with Crippen LogP contribution in [0.2, 0.25) is 0 Å². The molecule has 0 saturated heterocycles. The van der Waals surface area contributed by atoms with Gasteiger partial charge in [0.1, 0.15) is 11.5 Å². The molecule has 1 atom stereocenters. The number of hydrogen-bond donors (Lipinski definition) is 2. The minimum atomic E-state index is -0.172. The molecule has 0 aliphatic heterocycles. The molecular weight excluding hydrogens is 228 g/mol. The van der Waals surface area contributed by atoms with E-state index in [-0.39, 0.29) is 11.8 Å². The van der Waals surface area contributed by atoms with Gasteiger partial charge in [0.05, 0.1) is 12.8 Å². The molecule has 2 aromatic rings. The van der Waals surface area contributed by atoms with Crippen molar-refractivity contribution < 1.29 is 9.52 Å². The van der Waals surface area contributed by atoms with Crippen LogP contribution in [0.5, 0.6) is 5.75 Å². The first kappa shape index (κ1) is 12.5. The van der Waals surface area contributed by atoms with Crippen LogP contribution in [-0.4, -0.2) is 12.2 Å². The van der Waals surface area contributed by atoms with E-state index >= 15 is 0 Å². The molecule has 0 aliphatic rings. The predicted octanol–water partition coefficient (Wildman–Crippen LogP) is 2.64. The van der Waals surface area contributed by atoms with Crippen LogP contribution in [0.4, 0.5) is 5.69 Å². The van der Waals surface area contributed by atoms with E-state index in [4.69, 9.17) is 10.2 Å². The summed E-state index contributed by atoms with van der Waals surface area (Å²) in [6.07, 6.45) is 1.65. The zero-order valence-electron chi connectivity index (χ0n) is 10.6. The van der Waals surface area contributed by atoms with E-state index in [0.717, 1.165) is 17.0 Å². The van der Waals surface area contributed by atoms with Crippen LogP contribution in [0.3, 0.4) is 0 Å². The summed E-state index contributed by atoms with van der Waals surface area (Å²) in [5.74, 6) is 1.11. The second-order valence-corrected chi connectivity index (χ2v) is 4.47. The molecule has 2 rings (SSSR count). The summed E-state index contributed by atoms with van der Waals surface area (Å²) in [4.78, 5) is 2.00. The molecule has 4 heteroatoms. The first-order valence-corrected chi connectivity index (χ1v) is 5.90. The standard InChI is InChI=1S/C14H18N2O2/c1-10(15)13-6-5-11(8-14(13)17)16(2)9-12-4-3-7-18-12/h3-8,10,17H,9,15H2,1-2H3. The van der Waals surface area contributed by atoms with E-state index in [1.165, 1.54) is 0 Å². The number of benzene rings is 1. The van der Waals surface area contributed by atoms with Crippen LogP contribution in [0.25, 0.3) is 0 Å². The maximum Gasteiger partial charge on any atom is 0.123 e. The summed E-state index contributed by atoms with van der Waals surface area (Å²) in [7, 11) is 1.95. The predicted molar refractivity (Wildman–Crippen MR) is 71.5 cm³/mol. The highest BCUT2D eigenvalue weighted by atomic mass is 16.3. The molecule has 0 saturated carbocycles. The molecule has 4 nitrogen and oxygen atoms in total. The van der Waals surface area contributed by atoms with E-state index in [2.05, 4.69) is 0 Å². The number of furan rings is 1. The Hall–Kier alpha value is -1.94. The van der Waals surface area contributed by atoms with Gasteiger partial charge in [0.25, 0.3) is 0 Å². The van der Waals surface area contributed by atoms with Crippen LogP contribution in [-0.2, 0) is 6.54 Å². The highest BCUT2D eigenvalue weighted by Gasteiger charge is 2.10. The second kappa shape index (κ2) is 5.14. The molecule has 0 fully saturated rings. The fourth-order valence-corrected chi connectivity index (χ4v) is 1.88. The number of nitrogens with two attached hydrogens (primary N) is 1. The van der Waals surface area contributed by atoms with Crippen molar-refractivity contribution in [2.24, 2.45) is 5.73 Å². The highest BCUT2D eigenvalue weighted by molar-refractivity contribution is 5.53. The molecule has 3 N–H and O–H groups in total. The summed E-state index contributed by atoms with van der Waals surface area (Å²) >= 11 is 0. The Labute approximate surface area is 107 Å². The maximum absolute atomic E-state index is 9.91. The molecule has 0 radical (unpaired) electrons. The first-order chi connectivity index (χ1) is 8.58. The van der Waals surface area contributed by atoms with Gasteiger partial charge >= 0.3 is 0 Å². The van der Waals surface area contributed by atoms with Crippen molar-refractivity contribution in [3.63, 3.8) is 0 Å². The van der Waals surface area contributed by atoms with Crippen LogP contribution in [0.15, 0.2) is 41.0 Å². The molecule has 1 aromatic carbocycles. The van der Waals surface area contributed by atoms with Crippen molar-refractivity contribution in [3.8, 4) is 5.75 Å². The Morgan fingerprint density at radius 2 is 2.17 bits per heavy atom. The number of rotatable bonds is 4. The molecule has 1 heterocycles. The van der Waals surface area contributed by atoms with E-state index in [1.807, 2.05) is 43.1 Å². The van der Waals surface area contributed by atoms with Crippen LogP contribution in [0, 0.1) is 0 Å².